The third kappa shape index (κ3) is 5.64. The molecule has 0 aliphatic heterocycles. The number of phenols is 7. The first kappa shape index (κ1) is 31.5. The third-order valence-electron chi connectivity index (χ3n) is 6.51. The predicted octanol–water partition coefficient (Wildman–Crippen LogP) is 5.52. The smallest absolute Gasteiger partial charge is 0.342 e. The second-order valence-electron chi connectivity index (χ2n) is 9.73. The molecule has 0 bridgehead atoms. The molecule has 0 aromatic heterocycles. The van der Waals surface area contributed by atoms with Crippen LogP contribution in [0.1, 0.15) is 43.0 Å². The molecule has 230 valence electrons. The molecule has 0 radical (unpaired) electrons. The van der Waals surface area contributed by atoms with Gasteiger partial charge in [-0.2, -0.15) is 0 Å². The Balaban J connectivity index is 1.98. The molecule has 7 N–H and O–H groups in total. The zero-order valence-electron chi connectivity index (χ0n) is 24.0. The number of methoxy groups -OCH3 is 2. The first-order chi connectivity index (χ1) is 20.7. The SMILES string of the molecule is COC(=O)c1c(O)cc(C)c(Sc2c(O)cc(OC)c(Oc3c(O)cc(C)cc3O)c2O)c1C(=O)c1c(O)cc(C)cc1O. The van der Waals surface area contributed by atoms with Crippen LogP contribution in [0, 0.1) is 20.8 Å². The van der Waals surface area contributed by atoms with Crippen LogP contribution in [-0.2, 0) is 4.74 Å². The van der Waals surface area contributed by atoms with Gasteiger partial charge in [0.1, 0.15) is 39.0 Å². The van der Waals surface area contributed by atoms with Crippen molar-refractivity contribution in [2.45, 2.75) is 30.6 Å². The van der Waals surface area contributed by atoms with Crippen LogP contribution in [0.25, 0.3) is 0 Å². The van der Waals surface area contributed by atoms with Gasteiger partial charge in [0.15, 0.2) is 23.0 Å². The van der Waals surface area contributed by atoms with Crippen molar-refractivity contribution in [1.82, 2.24) is 0 Å². The summed E-state index contributed by atoms with van der Waals surface area (Å²) in [6, 6.07) is 7.25. The van der Waals surface area contributed by atoms with Crippen LogP contribution >= 0.6 is 11.8 Å². The minimum atomic E-state index is -1.13. The summed E-state index contributed by atoms with van der Waals surface area (Å²) in [4.78, 5) is 26.4. The maximum Gasteiger partial charge on any atom is 0.342 e. The lowest BCUT2D eigenvalue weighted by Crippen LogP contribution is -2.14. The van der Waals surface area contributed by atoms with Crippen molar-refractivity contribution in [3.63, 3.8) is 0 Å². The Morgan fingerprint density at radius 1 is 0.614 bits per heavy atom. The Kier molecular flexibility index (Phi) is 8.63. The predicted molar refractivity (Wildman–Crippen MR) is 157 cm³/mol. The van der Waals surface area contributed by atoms with Gasteiger partial charge in [-0.1, -0.05) is 11.8 Å². The topological polar surface area (TPSA) is 203 Å². The first-order valence-corrected chi connectivity index (χ1v) is 13.5. The van der Waals surface area contributed by atoms with E-state index in [-0.39, 0.29) is 21.1 Å². The van der Waals surface area contributed by atoms with Crippen LogP contribution in [-0.4, -0.2) is 61.7 Å². The third-order valence-corrected chi connectivity index (χ3v) is 7.84. The van der Waals surface area contributed by atoms with Gasteiger partial charge in [-0.25, -0.2) is 4.79 Å². The molecule has 0 saturated carbocycles. The van der Waals surface area contributed by atoms with Crippen LogP contribution < -0.4 is 9.47 Å². The maximum absolute atomic E-state index is 14.0. The summed E-state index contributed by atoms with van der Waals surface area (Å²) in [5.74, 6) is -7.39. The van der Waals surface area contributed by atoms with Crippen molar-refractivity contribution in [3.05, 3.63) is 69.8 Å². The van der Waals surface area contributed by atoms with Gasteiger partial charge >= 0.3 is 5.97 Å². The second kappa shape index (κ2) is 12.1. The molecule has 0 aliphatic rings. The highest BCUT2D eigenvalue weighted by Gasteiger charge is 2.33. The van der Waals surface area contributed by atoms with Crippen LogP contribution in [0.3, 0.4) is 0 Å². The van der Waals surface area contributed by atoms with Crippen LogP contribution in [0.15, 0.2) is 46.2 Å². The Morgan fingerprint density at radius 2 is 1.14 bits per heavy atom. The number of hydrogen-bond acceptors (Lipinski definition) is 13. The molecule has 0 unspecified atom stereocenters. The summed E-state index contributed by atoms with van der Waals surface area (Å²) < 4.78 is 15.7. The number of hydrogen-bond donors (Lipinski definition) is 7. The summed E-state index contributed by atoms with van der Waals surface area (Å²) in [6.07, 6.45) is 0. The van der Waals surface area contributed by atoms with Gasteiger partial charge in [0.2, 0.25) is 17.3 Å². The maximum atomic E-state index is 14.0. The molecule has 0 heterocycles. The standard InChI is InChI=1S/C31H28O12S/c1-12-6-15(32)22(16(33)7-12)25(38)24-23(31(40)42-5)17(34)10-14(3)29(24)44-30-20(37)11-21(41-4)28(26(30)39)43-27-18(35)8-13(2)9-19(27)36/h6-11,32-37,39H,1-5H3. The van der Waals surface area contributed by atoms with Crippen LogP contribution in [0.5, 0.6) is 57.5 Å². The zero-order valence-corrected chi connectivity index (χ0v) is 24.9. The summed E-state index contributed by atoms with van der Waals surface area (Å²) >= 11 is 0.574. The molecular formula is C31H28O12S. The van der Waals surface area contributed by atoms with Gasteiger partial charge in [-0.3, -0.25) is 4.79 Å². The average Bonchev–Trinajstić information content (AvgIpc) is 2.93. The lowest BCUT2D eigenvalue weighted by atomic mass is 9.93. The largest absolute Gasteiger partial charge is 0.507 e. The molecule has 4 rings (SSSR count). The van der Waals surface area contributed by atoms with Crippen LogP contribution in [0.2, 0.25) is 0 Å². The van der Waals surface area contributed by atoms with E-state index in [1.165, 1.54) is 38.3 Å². The first-order valence-electron chi connectivity index (χ1n) is 12.7. The molecule has 0 amide bonds. The number of esters is 1. The van der Waals surface area contributed by atoms with E-state index in [2.05, 4.69) is 0 Å². The highest BCUT2D eigenvalue weighted by molar-refractivity contribution is 7.99. The van der Waals surface area contributed by atoms with Crippen molar-refractivity contribution in [3.8, 4) is 57.5 Å². The van der Waals surface area contributed by atoms with Gasteiger partial charge in [0.25, 0.3) is 0 Å². The monoisotopic (exact) mass is 624 g/mol. The molecule has 13 heteroatoms. The molecule has 0 fully saturated rings. The van der Waals surface area contributed by atoms with E-state index in [1.54, 1.807) is 13.8 Å². The molecule has 4 aromatic carbocycles. The average molecular weight is 625 g/mol. The van der Waals surface area contributed by atoms with E-state index in [0.717, 1.165) is 19.2 Å². The fourth-order valence-electron chi connectivity index (χ4n) is 4.54. The van der Waals surface area contributed by atoms with Gasteiger partial charge in [0, 0.05) is 11.0 Å². The van der Waals surface area contributed by atoms with E-state index >= 15 is 0 Å². The van der Waals surface area contributed by atoms with E-state index in [4.69, 9.17) is 14.2 Å². The number of benzene rings is 4. The molecule has 0 aliphatic carbocycles. The molecule has 4 aromatic rings. The minimum absolute atomic E-state index is 0.0877. The number of aryl methyl sites for hydroxylation is 3. The number of rotatable bonds is 8. The van der Waals surface area contributed by atoms with Crippen molar-refractivity contribution in [2.24, 2.45) is 0 Å². The van der Waals surface area contributed by atoms with E-state index < -0.39 is 80.2 Å². The number of carbonyl (C=O) groups excluding carboxylic acids is 2. The summed E-state index contributed by atoms with van der Waals surface area (Å²) in [7, 11) is 2.23. The Labute approximate surface area is 255 Å². The van der Waals surface area contributed by atoms with Crippen molar-refractivity contribution < 1.29 is 59.5 Å². The molecule has 0 saturated heterocycles. The lowest BCUT2D eigenvalue weighted by Gasteiger charge is -2.20. The fourth-order valence-corrected chi connectivity index (χ4v) is 5.61. The van der Waals surface area contributed by atoms with Gasteiger partial charge in [0.05, 0.1) is 19.8 Å². The number of aromatic hydroxyl groups is 7. The summed E-state index contributed by atoms with van der Waals surface area (Å²) in [5.41, 5.74) is -0.580. The van der Waals surface area contributed by atoms with Gasteiger partial charge < -0.3 is 50.0 Å². The van der Waals surface area contributed by atoms with Gasteiger partial charge in [-0.15, -0.1) is 0 Å². The fraction of sp³-hybridized carbons (Fsp3) is 0.161. The number of ether oxygens (including phenoxy) is 3. The number of ketones is 1. The molecule has 44 heavy (non-hydrogen) atoms. The van der Waals surface area contributed by atoms with E-state index in [1.807, 2.05) is 0 Å². The second-order valence-corrected chi connectivity index (χ2v) is 10.8. The minimum Gasteiger partial charge on any atom is -0.507 e. The number of phenolic OH excluding ortho intramolecular Hbond substituents is 7. The van der Waals surface area contributed by atoms with Crippen molar-refractivity contribution >= 4 is 23.5 Å². The van der Waals surface area contributed by atoms with E-state index in [9.17, 15) is 45.3 Å². The van der Waals surface area contributed by atoms with E-state index in [0.29, 0.717) is 22.9 Å². The quantitative estimate of drug-likeness (QED) is 0.0954. The normalized spacial score (nSPS) is 10.8. The zero-order chi connectivity index (χ0) is 32.6. The van der Waals surface area contributed by atoms with Crippen molar-refractivity contribution in [1.29, 1.82) is 0 Å². The number of carbonyl (C=O) groups is 2. The molecule has 0 atom stereocenters. The molecule has 12 nitrogen and oxygen atoms in total. The molecular weight excluding hydrogens is 596 g/mol. The summed E-state index contributed by atoms with van der Waals surface area (Å²) in [6.45, 7) is 4.65. The Hall–Kier alpha value is -5.43. The lowest BCUT2D eigenvalue weighted by molar-refractivity contribution is 0.0593. The van der Waals surface area contributed by atoms with Gasteiger partial charge in [-0.05, 0) is 67.8 Å². The highest BCUT2D eigenvalue weighted by atomic mass is 32.2. The van der Waals surface area contributed by atoms with Crippen molar-refractivity contribution in [2.75, 3.05) is 14.2 Å². The summed E-state index contributed by atoms with van der Waals surface area (Å²) in [5, 5.41) is 74.9. The van der Waals surface area contributed by atoms with Crippen LogP contribution in [0.4, 0.5) is 0 Å². The highest BCUT2D eigenvalue weighted by Crippen LogP contribution is 2.55. The Bertz CT molecular complexity index is 1780. The molecule has 0 spiro atoms. The Morgan fingerprint density at radius 3 is 1.66 bits per heavy atom.